The number of piperazine rings is 1. The maximum absolute atomic E-state index is 12.4. The summed E-state index contributed by atoms with van der Waals surface area (Å²) in [5, 5.41) is 3.38. The van der Waals surface area contributed by atoms with Crippen LogP contribution in [0.15, 0.2) is 17.2 Å². The van der Waals surface area contributed by atoms with Crippen molar-refractivity contribution in [3.63, 3.8) is 0 Å². The average molecular weight is 248 g/mol. The Morgan fingerprint density at radius 2 is 2.33 bits per heavy atom. The first-order valence-corrected chi connectivity index (χ1v) is 6.85. The summed E-state index contributed by atoms with van der Waals surface area (Å²) in [5.41, 5.74) is 0.0837. The standard InChI is InChI=1S/C13H20N4O/c1-2-10-9-14-5-7-16(10)12-13(18)17(8-6-15-12)11-3-4-11/h6,8,10-11,14H,2-5,7,9H2,1H3. The summed E-state index contributed by atoms with van der Waals surface area (Å²) < 4.78 is 1.86. The van der Waals surface area contributed by atoms with Crippen molar-refractivity contribution in [2.75, 3.05) is 24.5 Å². The predicted molar refractivity (Wildman–Crippen MR) is 71.1 cm³/mol. The molecule has 5 nitrogen and oxygen atoms in total. The first-order chi connectivity index (χ1) is 8.81. The summed E-state index contributed by atoms with van der Waals surface area (Å²) in [4.78, 5) is 19.0. The maximum Gasteiger partial charge on any atom is 0.293 e. The summed E-state index contributed by atoms with van der Waals surface area (Å²) in [7, 11) is 0. The molecule has 1 saturated carbocycles. The van der Waals surface area contributed by atoms with Gasteiger partial charge < -0.3 is 14.8 Å². The molecule has 0 radical (unpaired) electrons. The van der Waals surface area contributed by atoms with Crippen molar-refractivity contribution < 1.29 is 0 Å². The SMILES string of the molecule is CCC1CNCCN1c1nccn(C2CC2)c1=O. The molecule has 1 N–H and O–H groups in total. The summed E-state index contributed by atoms with van der Waals surface area (Å²) in [6.07, 6.45) is 6.88. The van der Waals surface area contributed by atoms with E-state index in [-0.39, 0.29) is 5.56 Å². The number of nitrogens with one attached hydrogen (secondary N) is 1. The van der Waals surface area contributed by atoms with E-state index < -0.39 is 0 Å². The van der Waals surface area contributed by atoms with Crippen LogP contribution in [-0.2, 0) is 0 Å². The van der Waals surface area contributed by atoms with E-state index >= 15 is 0 Å². The van der Waals surface area contributed by atoms with Crippen LogP contribution in [0.1, 0.15) is 32.2 Å². The van der Waals surface area contributed by atoms with Crippen LogP contribution in [0.2, 0.25) is 0 Å². The highest BCUT2D eigenvalue weighted by atomic mass is 16.1. The molecule has 1 unspecified atom stereocenters. The third-order valence-corrected chi connectivity index (χ3v) is 3.88. The molecule has 0 spiro atoms. The Morgan fingerprint density at radius 1 is 1.50 bits per heavy atom. The van der Waals surface area contributed by atoms with Gasteiger partial charge in [-0.1, -0.05) is 6.92 Å². The van der Waals surface area contributed by atoms with E-state index in [0.29, 0.717) is 17.9 Å². The Bertz CT molecular complexity index is 480. The van der Waals surface area contributed by atoms with E-state index in [0.717, 1.165) is 38.9 Å². The van der Waals surface area contributed by atoms with E-state index in [2.05, 4.69) is 22.1 Å². The highest BCUT2D eigenvalue weighted by Gasteiger charge is 2.28. The van der Waals surface area contributed by atoms with Crippen LogP contribution in [0, 0.1) is 0 Å². The third kappa shape index (κ3) is 2.03. The highest BCUT2D eigenvalue weighted by Crippen LogP contribution is 2.33. The summed E-state index contributed by atoms with van der Waals surface area (Å²) in [6, 6.07) is 0.802. The number of anilines is 1. The minimum absolute atomic E-state index is 0.0837. The smallest absolute Gasteiger partial charge is 0.293 e. The fourth-order valence-electron chi connectivity index (χ4n) is 2.66. The van der Waals surface area contributed by atoms with Crippen molar-refractivity contribution in [2.45, 2.75) is 38.3 Å². The first-order valence-electron chi connectivity index (χ1n) is 6.85. The minimum Gasteiger partial charge on any atom is -0.346 e. The molecular weight excluding hydrogens is 228 g/mol. The molecule has 1 aromatic heterocycles. The maximum atomic E-state index is 12.4. The lowest BCUT2D eigenvalue weighted by Gasteiger charge is -2.36. The molecule has 1 aliphatic heterocycles. The van der Waals surface area contributed by atoms with E-state index in [1.165, 1.54) is 0 Å². The zero-order valence-electron chi connectivity index (χ0n) is 10.8. The van der Waals surface area contributed by atoms with Gasteiger partial charge in [-0.2, -0.15) is 0 Å². The van der Waals surface area contributed by atoms with Gasteiger partial charge in [0, 0.05) is 44.1 Å². The number of nitrogens with zero attached hydrogens (tertiary/aromatic N) is 3. The van der Waals surface area contributed by atoms with E-state index in [4.69, 9.17) is 0 Å². The lowest BCUT2D eigenvalue weighted by molar-refractivity contribution is 0.460. The van der Waals surface area contributed by atoms with Crippen molar-refractivity contribution >= 4 is 5.82 Å². The fraction of sp³-hybridized carbons (Fsp3) is 0.692. The molecule has 0 aromatic carbocycles. The summed E-state index contributed by atoms with van der Waals surface area (Å²) >= 11 is 0. The highest BCUT2D eigenvalue weighted by molar-refractivity contribution is 5.38. The van der Waals surface area contributed by atoms with Gasteiger partial charge in [0.2, 0.25) is 0 Å². The van der Waals surface area contributed by atoms with Gasteiger partial charge in [-0.25, -0.2) is 4.98 Å². The molecule has 1 saturated heterocycles. The van der Waals surface area contributed by atoms with E-state index in [1.54, 1.807) is 6.20 Å². The molecule has 2 fully saturated rings. The molecule has 0 bridgehead atoms. The number of hydrogen-bond donors (Lipinski definition) is 1. The lowest BCUT2D eigenvalue weighted by Crippen LogP contribution is -2.53. The van der Waals surface area contributed by atoms with Gasteiger partial charge in [-0.15, -0.1) is 0 Å². The molecule has 3 rings (SSSR count). The Labute approximate surface area is 107 Å². The molecule has 2 heterocycles. The van der Waals surface area contributed by atoms with Crippen LogP contribution < -0.4 is 15.8 Å². The van der Waals surface area contributed by atoms with Gasteiger partial charge in [0.15, 0.2) is 5.82 Å². The van der Waals surface area contributed by atoms with Crippen LogP contribution >= 0.6 is 0 Å². The second-order valence-electron chi connectivity index (χ2n) is 5.15. The van der Waals surface area contributed by atoms with Crippen molar-refractivity contribution in [1.29, 1.82) is 0 Å². The largest absolute Gasteiger partial charge is 0.346 e. The van der Waals surface area contributed by atoms with Crippen LogP contribution in [0.5, 0.6) is 0 Å². The van der Waals surface area contributed by atoms with Crippen LogP contribution in [-0.4, -0.2) is 35.2 Å². The molecule has 18 heavy (non-hydrogen) atoms. The zero-order valence-corrected chi connectivity index (χ0v) is 10.8. The normalized spacial score (nSPS) is 24.3. The Kier molecular flexibility index (Phi) is 3.07. The second kappa shape index (κ2) is 4.72. The molecule has 98 valence electrons. The van der Waals surface area contributed by atoms with Gasteiger partial charge >= 0.3 is 0 Å². The van der Waals surface area contributed by atoms with Crippen LogP contribution in [0.3, 0.4) is 0 Å². The number of hydrogen-bond acceptors (Lipinski definition) is 4. The summed E-state index contributed by atoms with van der Waals surface area (Å²) in [5.74, 6) is 0.637. The summed E-state index contributed by atoms with van der Waals surface area (Å²) in [6.45, 7) is 4.90. The van der Waals surface area contributed by atoms with Gasteiger partial charge in [0.1, 0.15) is 0 Å². The minimum atomic E-state index is 0.0837. The molecule has 5 heteroatoms. The Morgan fingerprint density at radius 3 is 3.06 bits per heavy atom. The monoisotopic (exact) mass is 248 g/mol. The van der Waals surface area contributed by atoms with E-state index in [1.807, 2.05) is 10.8 Å². The molecule has 1 aromatic rings. The second-order valence-corrected chi connectivity index (χ2v) is 5.15. The van der Waals surface area contributed by atoms with E-state index in [9.17, 15) is 4.79 Å². The lowest BCUT2D eigenvalue weighted by atomic mass is 10.1. The molecule has 2 aliphatic rings. The zero-order chi connectivity index (χ0) is 12.5. The van der Waals surface area contributed by atoms with Crippen molar-refractivity contribution in [3.05, 3.63) is 22.7 Å². The van der Waals surface area contributed by atoms with Crippen molar-refractivity contribution in [1.82, 2.24) is 14.9 Å². The molecule has 0 amide bonds. The van der Waals surface area contributed by atoms with Crippen molar-refractivity contribution in [3.8, 4) is 0 Å². The topological polar surface area (TPSA) is 50.2 Å². The van der Waals surface area contributed by atoms with Crippen LogP contribution in [0.25, 0.3) is 0 Å². The van der Waals surface area contributed by atoms with Crippen LogP contribution in [0.4, 0.5) is 5.82 Å². The first kappa shape index (κ1) is 11.7. The van der Waals surface area contributed by atoms with Gasteiger partial charge in [0.25, 0.3) is 5.56 Å². The van der Waals surface area contributed by atoms with Gasteiger partial charge in [0.05, 0.1) is 0 Å². The van der Waals surface area contributed by atoms with Gasteiger partial charge in [-0.05, 0) is 19.3 Å². The number of rotatable bonds is 3. The number of aromatic nitrogens is 2. The Hall–Kier alpha value is -1.36. The molecule has 1 aliphatic carbocycles. The average Bonchev–Trinajstić information content (AvgIpc) is 3.23. The fourth-order valence-corrected chi connectivity index (χ4v) is 2.66. The molecule has 1 atom stereocenters. The third-order valence-electron chi connectivity index (χ3n) is 3.88. The van der Waals surface area contributed by atoms with Crippen molar-refractivity contribution in [2.24, 2.45) is 0 Å². The Balaban J connectivity index is 1.95. The predicted octanol–water partition coefficient (Wildman–Crippen LogP) is 0.766. The molecular formula is C13H20N4O. The quantitative estimate of drug-likeness (QED) is 0.858. The van der Waals surface area contributed by atoms with Gasteiger partial charge in [-0.3, -0.25) is 4.79 Å².